The number of hydrogen-bond donors (Lipinski definition) is 1. The molecule has 0 spiro atoms. The van der Waals surface area contributed by atoms with Gasteiger partial charge < -0.3 is 9.84 Å². The van der Waals surface area contributed by atoms with Gasteiger partial charge in [0.25, 0.3) is 0 Å². The largest absolute Gasteiger partial charge is 0.392 e. The monoisotopic (exact) mass is 282 g/mol. The van der Waals surface area contributed by atoms with E-state index in [1.54, 1.807) is 0 Å². The second-order valence-corrected chi connectivity index (χ2v) is 5.77. The van der Waals surface area contributed by atoms with Gasteiger partial charge in [-0.2, -0.15) is 0 Å². The number of ether oxygens (including phenoxy) is 1. The minimum atomic E-state index is 0.0845. The first-order valence-corrected chi connectivity index (χ1v) is 7.76. The van der Waals surface area contributed by atoms with E-state index >= 15 is 0 Å². The number of aliphatic hydroxyl groups excluding tert-OH is 1. The van der Waals surface area contributed by atoms with Crippen molar-refractivity contribution in [3.63, 3.8) is 0 Å². The van der Waals surface area contributed by atoms with Crippen molar-refractivity contribution in [3.05, 3.63) is 59.7 Å². The molecule has 0 bridgehead atoms. The third kappa shape index (κ3) is 3.72. The van der Waals surface area contributed by atoms with Crippen molar-refractivity contribution in [1.29, 1.82) is 0 Å². The highest BCUT2D eigenvalue weighted by molar-refractivity contribution is 5.64. The van der Waals surface area contributed by atoms with Crippen LogP contribution in [-0.4, -0.2) is 11.2 Å². The van der Waals surface area contributed by atoms with Gasteiger partial charge in [-0.25, -0.2) is 0 Å². The quantitative estimate of drug-likeness (QED) is 0.885. The SMILES string of the molecule is OCc1cccc(-c2ccc(COC3CCCC3)cc2)c1. The second kappa shape index (κ2) is 6.88. The molecule has 2 aromatic carbocycles. The van der Waals surface area contributed by atoms with Gasteiger partial charge in [-0.15, -0.1) is 0 Å². The topological polar surface area (TPSA) is 29.5 Å². The highest BCUT2D eigenvalue weighted by Gasteiger charge is 2.15. The predicted molar refractivity (Wildman–Crippen MR) is 84.8 cm³/mol. The standard InChI is InChI=1S/C19H22O2/c20-13-16-4-3-5-18(12-16)17-10-8-15(9-11-17)14-21-19-6-1-2-7-19/h3-5,8-12,19-20H,1-2,6-7,13-14H2. The number of aliphatic hydroxyl groups is 1. The molecule has 2 heteroatoms. The molecule has 0 aliphatic heterocycles. The third-order valence-corrected chi connectivity index (χ3v) is 4.18. The fourth-order valence-electron chi connectivity index (χ4n) is 2.91. The molecule has 21 heavy (non-hydrogen) atoms. The van der Waals surface area contributed by atoms with Crippen molar-refractivity contribution in [2.75, 3.05) is 0 Å². The summed E-state index contributed by atoms with van der Waals surface area (Å²) in [6, 6.07) is 16.6. The molecular weight excluding hydrogens is 260 g/mol. The van der Waals surface area contributed by atoms with E-state index in [1.807, 2.05) is 18.2 Å². The molecule has 0 aromatic heterocycles. The molecule has 0 saturated heterocycles. The first kappa shape index (κ1) is 14.3. The lowest BCUT2D eigenvalue weighted by atomic mass is 10.0. The molecule has 3 rings (SSSR count). The van der Waals surface area contributed by atoms with Crippen LogP contribution in [0.4, 0.5) is 0 Å². The van der Waals surface area contributed by atoms with Crippen LogP contribution in [0.2, 0.25) is 0 Å². The average molecular weight is 282 g/mol. The Balaban J connectivity index is 1.65. The number of benzene rings is 2. The maximum absolute atomic E-state index is 9.21. The van der Waals surface area contributed by atoms with Crippen LogP contribution in [0.5, 0.6) is 0 Å². The lowest BCUT2D eigenvalue weighted by molar-refractivity contribution is 0.0457. The normalized spacial score (nSPS) is 15.5. The molecule has 2 nitrogen and oxygen atoms in total. The summed E-state index contributed by atoms with van der Waals surface area (Å²) >= 11 is 0. The number of hydrogen-bond acceptors (Lipinski definition) is 2. The van der Waals surface area contributed by atoms with Gasteiger partial charge in [0.05, 0.1) is 19.3 Å². The highest BCUT2D eigenvalue weighted by atomic mass is 16.5. The lowest BCUT2D eigenvalue weighted by Crippen LogP contribution is -2.06. The van der Waals surface area contributed by atoms with Gasteiger partial charge in [0.2, 0.25) is 0 Å². The number of rotatable bonds is 5. The summed E-state index contributed by atoms with van der Waals surface area (Å²) in [5.74, 6) is 0. The van der Waals surface area contributed by atoms with E-state index in [1.165, 1.54) is 36.8 Å². The van der Waals surface area contributed by atoms with Gasteiger partial charge >= 0.3 is 0 Å². The van der Waals surface area contributed by atoms with Crippen LogP contribution >= 0.6 is 0 Å². The zero-order valence-electron chi connectivity index (χ0n) is 12.3. The minimum absolute atomic E-state index is 0.0845. The van der Waals surface area contributed by atoms with Crippen molar-refractivity contribution >= 4 is 0 Å². The molecule has 1 saturated carbocycles. The van der Waals surface area contributed by atoms with E-state index < -0.39 is 0 Å². The van der Waals surface area contributed by atoms with E-state index in [2.05, 4.69) is 30.3 Å². The Hall–Kier alpha value is -1.64. The Morgan fingerprint density at radius 2 is 1.67 bits per heavy atom. The van der Waals surface area contributed by atoms with Crippen molar-refractivity contribution in [2.45, 2.75) is 45.0 Å². The van der Waals surface area contributed by atoms with Gasteiger partial charge in [-0.05, 0) is 41.2 Å². The molecule has 0 atom stereocenters. The third-order valence-electron chi connectivity index (χ3n) is 4.18. The first-order valence-electron chi connectivity index (χ1n) is 7.76. The molecule has 1 aliphatic rings. The van der Waals surface area contributed by atoms with E-state index in [-0.39, 0.29) is 6.61 Å². The summed E-state index contributed by atoms with van der Waals surface area (Å²) in [6.07, 6.45) is 5.51. The van der Waals surface area contributed by atoms with E-state index in [4.69, 9.17) is 4.74 Å². The summed E-state index contributed by atoms with van der Waals surface area (Å²) in [6.45, 7) is 0.794. The van der Waals surface area contributed by atoms with Crippen molar-refractivity contribution in [1.82, 2.24) is 0 Å². The Morgan fingerprint density at radius 3 is 2.38 bits per heavy atom. The molecule has 2 aromatic rings. The van der Waals surface area contributed by atoms with Gasteiger partial charge in [0, 0.05) is 0 Å². The zero-order valence-corrected chi connectivity index (χ0v) is 12.3. The molecule has 0 amide bonds. The summed E-state index contributed by atoms with van der Waals surface area (Å²) in [7, 11) is 0. The molecule has 1 fully saturated rings. The van der Waals surface area contributed by atoms with Crippen molar-refractivity contribution < 1.29 is 9.84 Å². The Morgan fingerprint density at radius 1 is 0.905 bits per heavy atom. The highest BCUT2D eigenvalue weighted by Crippen LogP contribution is 2.24. The summed E-state index contributed by atoms with van der Waals surface area (Å²) < 4.78 is 5.94. The van der Waals surface area contributed by atoms with E-state index in [0.717, 1.165) is 11.1 Å². The maximum Gasteiger partial charge on any atom is 0.0720 e. The zero-order chi connectivity index (χ0) is 14.5. The van der Waals surface area contributed by atoms with Crippen LogP contribution < -0.4 is 0 Å². The second-order valence-electron chi connectivity index (χ2n) is 5.77. The van der Waals surface area contributed by atoms with Crippen molar-refractivity contribution in [3.8, 4) is 11.1 Å². The fraction of sp³-hybridized carbons (Fsp3) is 0.368. The van der Waals surface area contributed by atoms with Gasteiger partial charge in [0.1, 0.15) is 0 Å². The van der Waals surface area contributed by atoms with Crippen LogP contribution in [-0.2, 0) is 18.0 Å². The van der Waals surface area contributed by atoms with E-state index in [9.17, 15) is 5.11 Å². The van der Waals surface area contributed by atoms with Crippen LogP contribution in [0.25, 0.3) is 11.1 Å². The lowest BCUT2D eigenvalue weighted by Gasteiger charge is -2.11. The summed E-state index contributed by atoms with van der Waals surface area (Å²) in [5.41, 5.74) is 4.49. The van der Waals surface area contributed by atoms with Crippen LogP contribution in [0.1, 0.15) is 36.8 Å². The maximum atomic E-state index is 9.21. The van der Waals surface area contributed by atoms with Crippen LogP contribution in [0.15, 0.2) is 48.5 Å². The predicted octanol–water partition coefficient (Wildman–Crippen LogP) is 4.31. The van der Waals surface area contributed by atoms with Gasteiger partial charge in [-0.1, -0.05) is 55.3 Å². The first-order chi connectivity index (χ1) is 10.3. The van der Waals surface area contributed by atoms with Crippen LogP contribution in [0, 0.1) is 0 Å². The smallest absolute Gasteiger partial charge is 0.0720 e. The fourth-order valence-corrected chi connectivity index (χ4v) is 2.91. The molecular formula is C19H22O2. The average Bonchev–Trinajstić information content (AvgIpc) is 3.07. The van der Waals surface area contributed by atoms with Crippen LogP contribution in [0.3, 0.4) is 0 Å². The Labute approximate surface area is 126 Å². The molecule has 110 valence electrons. The molecule has 1 aliphatic carbocycles. The molecule has 1 N–H and O–H groups in total. The van der Waals surface area contributed by atoms with E-state index in [0.29, 0.717) is 12.7 Å². The molecule has 0 radical (unpaired) electrons. The van der Waals surface area contributed by atoms with Crippen molar-refractivity contribution in [2.24, 2.45) is 0 Å². The molecule has 0 unspecified atom stereocenters. The van der Waals surface area contributed by atoms with Gasteiger partial charge in [-0.3, -0.25) is 0 Å². The summed E-state index contributed by atoms with van der Waals surface area (Å²) in [4.78, 5) is 0. The Bertz CT molecular complexity index is 568. The molecule has 0 heterocycles. The summed E-state index contributed by atoms with van der Waals surface area (Å²) in [5, 5.41) is 9.21. The Kier molecular flexibility index (Phi) is 4.69. The minimum Gasteiger partial charge on any atom is -0.392 e. The van der Waals surface area contributed by atoms with Gasteiger partial charge in [0.15, 0.2) is 0 Å².